The summed E-state index contributed by atoms with van der Waals surface area (Å²) in [6, 6.07) is 60.7. The molecular formula is C71H80BN3. The summed E-state index contributed by atoms with van der Waals surface area (Å²) >= 11 is 0. The first-order valence-electron chi connectivity index (χ1n) is 27.5. The van der Waals surface area contributed by atoms with Gasteiger partial charge in [0.05, 0.1) is 11.4 Å². The monoisotopic (exact) mass is 986 g/mol. The summed E-state index contributed by atoms with van der Waals surface area (Å²) in [5.74, 6) is 0. The van der Waals surface area contributed by atoms with Gasteiger partial charge in [0.1, 0.15) is 0 Å². The standard InChI is InChI=1S/C71H80BN3/c1-66(2,3)49-29-31-57-61(43-49)74(55-39-51(68(7,8)9)37-52(40-55)69(10,11)12)63-35-48(60-34-47(45-25-21-19-22-26-45)33-59(73-60)46-27-23-20-24-28-46)36-64-65(63)72(57)58-32-30-50(67(4,5)6)44-62(58)75(64)56-41-53(70(13,14)15)38-54(42-56)71(16,17)18/h19-44H,1-18H3. The smallest absolute Gasteiger partial charge is 0.252 e. The molecule has 2 aliphatic heterocycles. The summed E-state index contributed by atoms with van der Waals surface area (Å²) in [4.78, 5) is 11.0. The first-order chi connectivity index (χ1) is 34.9. The summed E-state index contributed by atoms with van der Waals surface area (Å²) in [5, 5.41) is 0. The molecule has 0 unspecified atom stereocenters. The van der Waals surface area contributed by atoms with Gasteiger partial charge in [-0.25, -0.2) is 4.98 Å². The zero-order chi connectivity index (χ0) is 53.9. The largest absolute Gasteiger partial charge is 0.311 e. The van der Waals surface area contributed by atoms with E-state index in [1.807, 2.05) is 0 Å². The molecule has 1 aromatic heterocycles. The van der Waals surface area contributed by atoms with Gasteiger partial charge in [-0.3, -0.25) is 0 Å². The van der Waals surface area contributed by atoms with E-state index in [0.717, 1.165) is 33.6 Å². The van der Waals surface area contributed by atoms with Crippen molar-refractivity contribution < 1.29 is 0 Å². The highest BCUT2D eigenvalue weighted by Gasteiger charge is 2.45. The van der Waals surface area contributed by atoms with Gasteiger partial charge in [0.25, 0.3) is 6.71 Å². The van der Waals surface area contributed by atoms with E-state index in [9.17, 15) is 0 Å². The lowest BCUT2D eigenvalue weighted by atomic mass is 9.33. The van der Waals surface area contributed by atoms with Gasteiger partial charge in [-0.05, 0) is 154 Å². The van der Waals surface area contributed by atoms with Crippen molar-refractivity contribution in [2.75, 3.05) is 9.80 Å². The lowest BCUT2D eigenvalue weighted by Gasteiger charge is -2.45. The van der Waals surface area contributed by atoms with Crippen LogP contribution in [0.5, 0.6) is 0 Å². The molecule has 0 spiro atoms. The highest BCUT2D eigenvalue weighted by atomic mass is 15.2. The predicted octanol–water partition coefficient (Wildman–Crippen LogP) is 18.0. The Morgan fingerprint density at radius 2 is 0.640 bits per heavy atom. The Bertz CT molecular complexity index is 3200. The third kappa shape index (κ3) is 9.80. The Morgan fingerprint density at radius 1 is 0.293 bits per heavy atom. The van der Waals surface area contributed by atoms with Gasteiger partial charge in [0.2, 0.25) is 0 Å². The van der Waals surface area contributed by atoms with Crippen molar-refractivity contribution in [3.8, 4) is 33.6 Å². The minimum Gasteiger partial charge on any atom is -0.311 e. The molecular weight excluding hydrogens is 906 g/mol. The van der Waals surface area contributed by atoms with Gasteiger partial charge in [0.15, 0.2) is 0 Å². The number of nitrogens with zero attached hydrogens (tertiary/aromatic N) is 3. The minimum absolute atomic E-state index is 0.0474. The van der Waals surface area contributed by atoms with Crippen molar-refractivity contribution in [1.29, 1.82) is 0 Å². The van der Waals surface area contributed by atoms with Crippen LogP contribution in [0, 0.1) is 0 Å². The minimum atomic E-state index is -0.0926. The van der Waals surface area contributed by atoms with Crippen LogP contribution in [0.2, 0.25) is 0 Å². The highest BCUT2D eigenvalue weighted by Crippen LogP contribution is 2.50. The average Bonchev–Trinajstić information content (AvgIpc) is 3.35. The zero-order valence-corrected chi connectivity index (χ0v) is 48.4. The molecule has 0 saturated carbocycles. The summed E-state index contributed by atoms with van der Waals surface area (Å²) in [5.41, 5.74) is 24.9. The van der Waals surface area contributed by atoms with Gasteiger partial charge >= 0.3 is 0 Å². The molecule has 3 heterocycles. The molecule has 2 aliphatic rings. The second-order valence-corrected chi connectivity index (χ2v) is 28.0. The summed E-state index contributed by atoms with van der Waals surface area (Å²) in [6.07, 6.45) is 0. The number of anilines is 6. The maximum absolute atomic E-state index is 5.69. The quantitative estimate of drug-likeness (QED) is 0.160. The van der Waals surface area contributed by atoms with Crippen molar-refractivity contribution in [3.05, 3.63) is 191 Å². The van der Waals surface area contributed by atoms with Crippen LogP contribution in [0.3, 0.4) is 0 Å². The SMILES string of the molecule is CC(C)(C)c1cc(N2c3cc(C(C)(C)C)ccc3B3c4ccc(C(C)(C)C)cc4N(c4cc(C(C)(C)C)cc(C(C)(C)C)c4)c4cc(-c5cc(-c6ccccc6)cc(-c6ccccc6)n5)cc2c43)cc(C(C)(C)C)c1. The molecule has 0 saturated heterocycles. The third-order valence-corrected chi connectivity index (χ3v) is 15.9. The topological polar surface area (TPSA) is 19.4 Å². The molecule has 8 aromatic rings. The van der Waals surface area contributed by atoms with Crippen molar-refractivity contribution in [1.82, 2.24) is 4.98 Å². The summed E-state index contributed by atoms with van der Waals surface area (Å²) in [6.45, 7) is 42.3. The van der Waals surface area contributed by atoms with E-state index in [4.69, 9.17) is 4.98 Å². The Hall–Kier alpha value is -6.65. The lowest BCUT2D eigenvalue weighted by Crippen LogP contribution is -2.61. The van der Waals surface area contributed by atoms with E-state index in [-0.39, 0.29) is 39.2 Å². The van der Waals surface area contributed by atoms with Gasteiger partial charge < -0.3 is 9.80 Å². The van der Waals surface area contributed by atoms with E-state index in [1.54, 1.807) is 0 Å². The van der Waals surface area contributed by atoms with Crippen molar-refractivity contribution in [2.45, 2.75) is 157 Å². The van der Waals surface area contributed by atoms with Crippen LogP contribution in [-0.4, -0.2) is 11.7 Å². The molecule has 0 aliphatic carbocycles. The number of hydrogen-bond donors (Lipinski definition) is 0. The molecule has 0 bridgehead atoms. The van der Waals surface area contributed by atoms with Crippen LogP contribution in [-0.2, 0) is 32.5 Å². The van der Waals surface area contributed by atoms with Gasteiger partial charge in [-0.1, -0.05) is 222 Å². The molecule has 7 aromatic carbocycles. The zero-order valence-electron chi connectivity index (χ0n) is 48.4. The number of benzene rings is 7. The van der Waals surface area contributed by atoms with Crippen LogP contribution >= 0.6 is 0 Å². The first kappa shape index (κ1) is 51.8. The Balaban J connectivity index is 1.41. The fraction of sp³-hybridized carbons (Fsp3) is 0.338. The van der Waals surface area contributed by atoms with Crippen molar-refractivity contribution in [3.63, 3.8) is 0 Å². The van der Waals surface area contributed by atoms with E-state index < -0.39 is 0 Å². The number of rotatable bonds is 5. The Labute approximate surface area is 451 Å². The molecule has 0 atom stereocenters. The van der Waals surface area contributed by atoms with Crippen LogP contribution in [0.4, 0.5) is 34.1 Å². The second-order valence-electron chi connectivity index (χ2n) is 28.0. The maximum atomic E-state index is 5.69. The molecule has 10 rings (SSSR count). The average molecular weight is 986 g/mol. The lowest BCUT2D eigenvalue weighted by molar-refractivity contribution is 0.568. The number of hydrogen-bond acceptors (Lipinski definition) is 3. The molecule has 0 amide bonds. The van der Waals surface area contributed by atoms with Gasteiger partial charge in [-0.15, -0.1) is 0 Å². The molecule has 4 heteroatoms. The van der Waals surface area contributed by atoms with E-state index in [1.165, 1.54) is 83.9 Å². The van der Waals surface area contributed by atoms with Crippen LogP contribution < -0.4 is 26.2 Å². The highest BCUT2D eigenvalue weighted by molar-refractivity contribution is 7.00. The van der Waals surface area contributed by atoms with Gasteiger partial charge in [0, 0.05) is 45.3 Å². The molecule has 3 nitrogen and oxygen atoms in total. The molecule has 75 heavy (non-hydrogen) atoms. The van der Waals surface area contributed by atoms with Crippen molar-refractivity contribution >= 4 is 57.2 Å². The number of fused-ring (bicyclic) bond motifs is 4. The van der Waals surface area contributed by atoms with Crippen LogP contribution in [0.25, 0.3) is 33.6 Å². The fourth-order valence-electron chi connectivity index (χ4n) is 11.1. The number of pyridine rings is 1. The summed E-state index contributed by atoms with van der Waals surface area (Å²) in [7, 11) is 0. The maximum Gasteiger partial charge on any atom is 0.252 e. The third-order valence-electron chi connectivity index (χ3n) is 15.9. The Morgan fingerprint density at radius 3 is 1.00 bits per heavy atom. The first-order valence-corrected chi connectivity index (χ1v) is 27.5. The predicted molar refractivity (Wildman–Crippen MR) is 327 cm³/mol. The number of aromatic nitrogens is 1. The molecule has 382 valence electrons. The van der Waals surface area contributed by atoms with Crippen LogP contribution in [0.1, 0.15) is 158 Å². The van der Waals surface area contributed by atoms with E-state index in [0.29, 0.717) is 0 Å². The normalized spacial score (nSPS) is 13.9. The van der Waals surface area contributed by atoms with Crippen molar-refractivity contribution in [2.24, 2.45) is 0 Å². The second kappa shape index (κ2) is 18.0. The van der Waals surface area contributed by atoms with Crippen LogP contribution in [0.15, 0.2) is 158 Å². The van der Waals surface area contributed by atoms with E-state index in [2.05, 4.69) is 292 Å². The molecule has 0 N–H and O–H groups in total. The fourth-order valence-corrected chi connectivity index (χ4v) is 11.1. The Kier molecular flexibility index (Phi) is 12.4. The van der Waals surface area contributed by atoms with E-state index >= 15 is 0 Å². The summed E-state index contributed by atoms with van der Waals surface area (Å²) < 4.78 is 0. The molecule has 0 fully saturated rings. The molecule has 0 radical (unpaired) electrons. The van der Waals surface area contributed by atoms with Gasteiger partial charge in [-0.2, -0.15) is 0 Å².